The van der Waals surface area contributed by atoms with Gasteiger partial charge in [-0.15, -0.1) is 11.3 Å². The zero-order valence-corrected chi connectivity index (χ0v) is 13.4. The largest absolute Gasteiger partial charge is 0.337 e. The van der Waals surface area contributed by atoms with Crippen molar-refractivity contribution in [3.8, 4) is 0 Å². The first-order valence-corrected chi connectivity index (χ1v) is 8.31. The van der Waals surface area contributed by atoms with Gasteiger partial charge >= 0.3 is 0 Å². The Morgan fingerprint density at radius 3 is 2.95 bits per heavy atom. The number of rotatable bonds is 4. The maximum atomic E-state index is 12.8. The van der Waals surface area contributed by atoms with Gasteiger partial charge in [0.15, 0.2) is 0 Å². The van der Waals surface area contributed by atoms with Crippen LogP contribution in [0.15, 0.2) is 24.3 Å². The molecule has 112 valence electrons. The molecule has 1 fully saturated rings. The molecule has 21 heavy (non-hydrogen) atoms. The van der Waals surface area contributed by atoms with Gasteiger partial charge in [0.05, 0.1) is 22.3 Å². The summed E-state index contributed by atoms with van der Waals surface area (Å²) in [4.78, 5) is 19.2. The van der Waals surface area contributed by atoms with Gasteiger partial charge in [0.2, 0.25) is 5.91 Å². The van der Waals surface area contributed by atoms with E-state index in [0.717, 1.165) is 36.3 Å². The van der Waals surface area contributed by atoms with Crippen LogP contribution >= 0.6 is 11.3 Å². The van der Waals surface area contributed by atoms with Gasteiger partial charge in [0.25, 0.3) is 0 Å². The highest BCUT2D eigenvalue weighted by atomic mass is 32.1. The predicted octanol–water partition coefficient (Wildman–Crippen LogP) is 2.79. The number of para-hydroxylation sites is 1. The third-order valence-electron chi connectivity index (χ3n) is 4.31. The molecule has 1 amide bonds. The number of likely N-dealkylation sites (N-methyl/N-ethyl adjacent to an activating group) is 1. The Morgan fingerprint density at radius 2 is 2.29 bits per heavy atom. The number of benzene rings is 1. The molecule has 1 atom stereocenters. The molecule has 2 aromatic rings. The van der Waals surface area contributed by atoms with E-state index in [1.807, 2.05) is 30.1 Å². The minimum absolute atomic E-state index is 0.196. The Kier molecular flexibility index (Phi) is 3.95. The number of nitrogens with zero attached hydrogens (tertiary/aromatic N) is 2. The van der Waals surface area contributed by atoms with Crippen molar-refractivity contribution in [3.63, 3.8) is 0 Å². The summed E-state index contributed by atoms with van der Waals surface area (Å²) in [6.07, 6.45) is 2.86. The number of aromatic nitrogens is 1. The summed E-state index contributed by atoms with van der Waals surface area (Å²) < 4.78 is 1.18. The lowest BCUT2D eigenvalue weighted by Gasteiger charge is -2.31. The quantitative estimate of drug-likeness (QED) is 0.944. The lowest BCUT2D eigenvalue weighted by atomic mass is 9.92. The van der Waals surface area contributed by atoms with Gasteiger partial charge in [-0.05, 0) is 37.9 Å². The van der Waals surface area contributed by atoms with Crippen molar-refractivity contribution < 1.29 is 4.79 Å². The van der Waals surface area contributed by atoms with Gasteiger partial charge in [0, 0.05) is 7.05 Å². The summed E-state index contributed by atoms with van der Waals surface area (Å²) >= 11 is 1.67. The van der Waals surface area contributed by atoms with Crippen molar-refractivity contribution in [3.05, 3.63) is 29.3 Å². The maximum Gasteiger partial charge on any atom is 0.242 e. The molecule has 1 saturated heterocycles. The summed E-state index contributed by atoms with van der Waals surface area (Å²) in [6, 6.07) is 8.11. The molecule has 0 saturated carbocycles. The SMILES string of the molecule is CCC1(C(=O)N(C)Cc2nc3ccccc3s2)CCCN1. The van der Waals surface area contributed by atoms with Crippen molar-refractivity contribution in [1.29, 1.82) is 0 Å². The smallest absolute Gasteiger partial charge is 0.242 e. The number of carbonyl (C=O) groups is 1. The number of thiazole rings is 1. The summed E-state index contributed by atoms with van der Waals surface area (Å²) in [5.41, 5.74) is 0.661. The van der Waals surface area contributed by atoms with Crippen LogP contribution in [-0.4, -0.2) is 34.9 Å². The molecule has 0 aliphatic carbocycles. The molecular weight excluding hydrogens is 282 g/mol. The third-order valence-corrected chi connectivity index (χ3v) is 5.34. The van der Waals surface area contributed by atoms with Crippen LogP contribution in [0.25, 0.3) is 10.2 Å². The van der Waals surface area contributed by atoms with Gasteiger partial charge in [-0.2, -0.15) is 0 Å². The summed E-state index contributed by atoms with van der Waals surface area (Å²) in [5, 5.41) is 4.40. The van der Waals surface area contributed by atoms with Gasteiger partial charge < -0.3 is 10.2 Å². The molecule has 5 heteroatoms. The fraction of sp³-hybridized carbons (Fsp3) is 0.500. The molecule has 4 nitrogen and oxygen atoms in total. The van der Waals surface area contributed by atoms with Crippen LogP contribution in [0, 0.1) is 0 Å². The fourth-order valence-corrected chi connectivity index (χ4v) is 4.09. The van der Waals surface area contributed by atoms with Crippen LogP contribution in [0.4, 0.5) is 0 Å². The van der Waals surface area contributed by atoms with Crippen molar-refractivity contribution >= 4 is 27.5 Å². The van der Waals surface area contributed by atoms with Crippen molar-refractivity contribution in [1.82, 2.24) is 15.2 Å². The molecule has 1 aromatic heterocycles. The number of hydrogen-bond donors (Lipinski definition) is 1. The Morgan fingerprint density at radius 1 is 1.48 bits per heavy atom. The second kappa shape index (κ2) is 5.73. The first kappa shape index (κ1) is 14.5. The van der Waals surface area contributed by atoms with Gasteiger partial charge in [-0.3, -0.25) is 4.79 Å². The Balaban J connectivity index is 1.76. The van der Waals surface area contributed by atoms with Gasteiger partial charge in [-0.25, -0.2) is 4.98 Å². The van der Waals surface area contributed by atoms with Crippen LogP contribution < -0.4 is 5.32 Å². The molecule has 1 N–H and O–H groups in total. The summed E-state index contributed by atoms with van der Waals surface area (Å²) in [6.45, 7) is 3.61. The lowest BCUT2D eigenvalue weighted by molar-refractivity contribution is -0.137. The van der Waals surface area contributed by atoms with Crippen molar-refractivity contribution in [2.45, 2.75) is 38.3 Å². The Labute approximate surface area is 129 Å². The van der Waals surface area contributed by atoms with E-state index in [1.165, 1.54) is 4.70 Å². The molecule has 1 aliphatic rings. The van der Waals surface area contributed by atoms with Crippen LogP contribution in [0.3, 0.4) is 0 Å². The van der Waals surface area contributed by atoms with E-state index in [0.29, 0.717) is 6.54 Å². The van der Waals surface area contributed by atoms with Crippen molar-refractivity contribution in [2.24, 2.45) is 0 Å². The highest BCUT2D eigenvalue weighted by molar-refractivity contribution is 7.18. The van der Waals surface area contributed by atoms with E-state index in [1.54, 1.807) is 11.3 Å². The average Bonchev–Trinajstić information content (AvgIpc) is 3.13. The molecular formula is C16H21N3OS. The molecule has 0 spiro atoms. The maximum absolute atomic E-state index is 12.8. The zero-order valence-electron chi connectivity index (χ0n) is 12.6. The minimum Gasteiger partial charge on any atom is -0.337 e. The molecule has 1 aliphatic heterocycles. The number of hydrogen-bond acceptors (Lipinski definition) is 4. The van der Waals surface area contributed by atoms with E-state index in [2.05, 4.69) is 23.3 Å². The Hall–Kier alpha value is -1.46. The first-order chi connectivity index (χ1) is 10.1. The summed E-state index contributed by atoms with van der Waals surface area (Å²) in [5.74, 6) is 0.196. The van der Waals surface area contributed by atoms with Crippen LogP contribution in [0.5, 0.6) is 0 Å². The summed E-state index contributed by atoms with van der Waals surface area (Å²) in [7, 11) is 1.88. The number of nitrogens with one attached hydrogen (secondary N) is 1. The zero-order chi connectivity index (χ0) is 14.9. The minimum atomic E-state index is -0.356. The van der Waals surface area contributed by atoms with Crippen LogP contribution in [0.2, 0.25) is 0 Å². The topological polar surface area (TPSA) is 45.2 Å². The van der Waals surface area contributed by atoms with Crippen LogP contribution in [0.1, 0.15) is 31.2 Å². The predicted molar refractivity (Wildman–Crippen MR) is 86.4 cm³/mol. The van der Waals surface area contributed by atoms with E-state index in [4.69, 9.17) is 0 Å². The van der Waals surface area contributed by atoms with Crippen molar-refractivity contribution in [2.75, 3.05) is 13.6 Å². The Bertz CT molecular complexity index is 613. The number of carbonyl (C=O) groups excluding carboxylic acids is 1. The van der Waals surface area contributed by atoms with Crippen LogP contribution in [-0.2, 0) is 11.3 Å². The lowest BCUT2D eigenvalue weighted by Crippen LogP contribution is -2.53. The average molecular weight is 303 g/mol. The fourth-order valence-electron chi connectivity index (χ4n) is 3.07. The standard InChI is InChI=1S/C16H21N3OS/c1-3-16(9-6-10-17-16)15(20)19(2)11-14-18-12-7-4-5-8-13(12)21-14/h4-5,7-8,17H,3,6,9-11H2,1-2H3. The number of fused-ring (bicyclic) bond motifs is 1. The first-order valence-electron chi connectivity index (χ1n) is 7.50. The second-order valence-corrected chi connectivity index (χ2v) is 6.82. The monoisotopic (exact) mass is 303 g/mol. The third kappa shape index (κ3) is 2.68. The highest BCUT2D eigenvalue weighted by Crippen LogP contribution is 2.27. The van der Waals surface area contributed by atoms with E-state index < -0.39 is 0 Å². The van der Waals surface area contributed by atoms with Gasteiger partial charge in [-0.1, -0.05) is 19.1 Å². The van der Waals surface area contributed by atoms with Gasteiger partial charge in [0.1, 0.15) is 5.01 Å². The van der Waals surface area contributed by atoms with E-state index in [-0.39, 0.29) is 11.4 Å². The molecule has 1 unspecified atom stereocenters. The normalized spacial score (nSPS) is 21.8. The highest BCUT2D eigenvalue weighted by Gasteiger charge is 2.40. The molecule has 2 heterocycles. The molecule has 0 radical (unpaired) electrons. The second-order valence-electron chi connectivity index (χ2n) is 5.70. The molecule has 1 aromatic carbocycles. The van der Waals surface area contributed by atoms with E-state index >= 15 is 0 Å². The molecule has 3 rings (SSSR count). The molecule has 0 bridgehead atoms. The number of amides is 1. The van der Waals surface area contributed by atoms with E-state index in [9.17, 15) is 4.79 Å².